The van der Waals surface area contributed by atoms with E-state index in [1.807, 2.05) is 0 Å². The van der Waals surface area contributed by atoms with Crippen molar-refractivity contribution in [1.82, 2.24) is 4.98 Å². The Hall–Kier alpha value is -1.25. The molecule has 0 radical (unpaired) electrons. The molecule has 2 nitrogen and oxygen atoms in total. The van der Waals surface area contributed by atoms with Crippen LogP contribution in [-0.2, 0) is 0 Å². The second kappa shape index (κ2) is 2.91. The Morgan fingerprint density at radius 2 is 2.31 bits per heavy atom. The molecule has 0 N–H and O–H groups in total. The summed E-state index contributed by atoms with van der Waals surface area (Å²) in [6.07, 6.45) is 3.57. The zero-order valence-corrected chi connectivity index (χ0v) is 7.38. The Kier molecular flexibility index (Phi) is 1.87. The van der Waals surface area contributed by atoms with Crippen molar-refractivity contribution in [1.29, 1.82) is 0 Å². The van der Waals surface area contributed by atoms with E-state index in [2.05, 4.69) is 4.98 Å². The summed E-state index contributed by atoms with van der Waals surface area (Å²) in [5.41, 5.74) is 0.868. The van der Waals surface area contributed by atoms with Crippen LogP contribution in [0.4, 0.5) is 4.39 Å². The van der Waals surface area contributed by atoms with Gasteiger partial charge in [-0.2, -0.15) is 0 Å². The van der Waals surface area contributed by atoms with Gasteiger partial charge in [-0.25, -0.2) is 4.39 Å². The lowest BCUT2D eigenvalue weighted by molar-refractivity contribution is 0.101. The van der Waals surface area contributed by atoms with Gasteiger partial charge in [-0.1, -0.05) is 0 Å². The summed E-state index contributed by atoms with van der Waals surface area (Å²) in [7, 11) is 0. The van der Waals surface area contributed by atoms with E-state index in [-0.39, 0.29) is 17.3 Å². The molecule has 2 rings (SSSR count). The van der Waals surface area contributed by atoms with Crippen molar-refractivity contribution in [2.24, 2.45) is 0 Å². The minimum atomic E-state index is -0.289. The van der Waals surface area contributed by atoms with Crippen LogP contribution in [0.15, 0.2) is 12.3 Å². The molecule has 0 saturated heterocycles. The molecule has 1 aromatic rings. The van der Waals surface area contributed by atoms with Crippen LogP contribution in [-0.4, -0.2) is 10.8 Å². The minimum absolute atomic E-state index is 0.193. The van der Waals surface area contributed by atoms with Gasteiger partial charge in [0.05, 0.1) is 0 Å². The largest absolute Gasteiger partial charge is 0.293 e. The van der Waals surface area contributed by atoms with Crippen molar-refractivity contribution in [3.63, 3.8) is 0 Å². The van der Waals surface area contributed by atoms with E-state index in [1.165, 1.54) is 19.2 Å². The Balaban J connectivity index is 2.36. The highest BCUT2D eigenvalue weighted by molar-refractivity contribution is 5.92. The van der Waals surface area contributed by atoms with E-state index in [0.29, 0.717) is 11.5 Å². The highest BCUT2D eigenvalue weighted by atomic mass is 19.1. The maximum absolute atomic E-state index is 13.3. The number of nitrogens with zero attached hydrogens (tertiary/aromatic N) is 1. The molecular weight excluding hydrogens is 169 g/mol. The summed E-state index contributed by atoms with van der Waals surface area (Å²) < 4.78 is 13.3. The van der Waals surface area contributed by atoms with Gasteiger partial charge in [0, 0.05) is 24.8 Å². The number of hydrogen-bond acceptors (Lipinski definition) is 2. The lowest BCUT2D eigenvalue weighted by atomic mass is 10.1. The maximum Gasteiger partial charge on any atom is 0.178 e. The van der Waals surface area contributed by atoms with Crippen molar-refractivity contribution in [2.75, 3.05) is 0 Å². The third-order valence-electron chi connectivity index (χ3n) is 2.26. The van der Waals surface area contributed by atoms with E-state index >= 15 is 0 Å². The predicted molar refractivity (Wildman–Crippen MR) is 46.2 cm³/mol. The van der Waals surface area contributed by atoms with E-state index in [1.54, 1.807) is 0 Å². The van der Waals surface area contributed by atoms with Crippen LogP contribution in [0, 0.1) is 5.82 Å². The van der Waals surface area contributed by atoms with E-state index in [0.717, 1.165) is 12.8 Å². The second-order valence-electron chi connectivity index (χ2n) is 3.42. The Morgan fingerprint density at radius 1 is 1.62 bits per heavy atom. The number of carbonyl (C=O) groups is 1. The van der Waals surface area contributed by atoms with Gasteiger partial charge in [0.2, 0.25) is 0 Å². The molecule has 1 aliphatic rings. The lowest BCUT2D eigenvalue weighted by Gasteiger charge is -2.00. The van der Waals surface area contributed by atoms with Gasteiger partial charge in [-0.05, 0) is 18.8 Å². The zero-order chi connectivity index (χ0) is 9.42. The average Bonchev–Trinajstić information content (AvgIpc) is 2.87. The first-order chi connectivity index (χ1) is 6.18. The fraction of sp³-hybridized carbons (Fsp3) is 0.400. The molecule has 0 atom stereocenters. The molecule has 1 heterocycles. The molecule has 1 aliphatic carbocycles. The lowest BCUT2D eigenvalue weighted by Crippen LogP contribution is -1.99. The zero-order valence-electron chi connectivity index (χ0n) is 7.38. The number of halogens is 1. The van der Waals surface area contributed by atoms with Crippen LogP contribution >= 0.6 is 0 Å². The smallest absolute Gasteiger partial charge is 0.178 e. The van der Waals surface area contributed by atoms with Gasteiger partial charge in [0.1, 0.15) is 11.5 Å². The molecule has 0 bridgehead atoms. The van der Waals surface area contributed by atoms with Crippen LogP contribution in [0.3, 0.4) is 0 Å². The molecule has 3 heteroatoms. The molecule has 1 fully saturated rings. The van der Waals surface area contributed by atoms with Crippen LogP contribution < -0.4 is 0 Å². The standard InChI is InChI=1S/C10H10FNO/c1-6(13)10-4-9(11)8(5-12-10)7-2-3-7/h4-5,7H,2-3H2,1H3. The quantitative estimate of drug-likeness (QED) is 0.652. The van der Waals surface area contributed by atoms with Gasteiger partial charge >= 0.3 is 0 Å². The summed E-state index contributed by atoms with van der Waals surface area (Å²) in [6, 6.07) is 1.23. The molecule has 0 amide bonds. The van der Waals surface area contributed by atoms with Gasteiger partial charge in [-0.3, -0.25) is 9.78 Å². The molecule has 0 aromatic carbocycles. The summed E-state index contributed by atoms with van der Waals surface area (Å²) in [4.78, 5) is 14.8. The van der Waals surface area contributed by atoms with Crippen LogP contribution in [0.2, 0.25) is 0 Å². The highest BCUT2D eigenvalue weighted by Gasteiger charge is 2.27. The molecule has 0 unspecified atom stereocenters. The fourth-order valence-electron chi connectivity index (χ4n) is 1.33. The molecular formula is C10H10FNO. The van der Waals surface area contributed by atoms with Crippen molar-refractivity contribution in [2.45, 2.75) is 25.7 Å². The van der Waals surface area contributed by atoms with Crippen LogP contribution in [0.5, 0.6) is 0 Å². The Bertz CT molecular complexity index is 358. The predicted octanol–water partition coefficient (Wildman–Crippen LogP) is 2.30. The van der Waals surface area contributed by atoms with Crippen molar-refractivity contribution < 1.29 is 9.18 Å². The van der Waals surface area contributed by atoms with E-state index < -0.39 is 0 Å². The highest BCUT2D eigenvalue weighted by Crippen LogP contribution is 2.40. The van der Waals surface area contributed by atoms with Crippen molar-refractivity contribution >= 4 is 5.78 Å². The molecule has 0 spiro atoms. The molecule has 1 aromatic heterocycles. The second-order valence-corrected chi connectivity index (χ2v) is 3.42. The Morgan fingerprint density at radius 3 is 2.77 bits per heavy atom. The Labute approximate surface area is 75.8 Å². The first-order valence-corrected chi connectivity index (χ1v) is 4.35. The fourth-order valence-corrected chi connectivity index (χ4v) is 1.33. The average molecular weight is 179 g/mol. The van der Waals surface area contributed by atoms with Gasteiger partial charge in [0.25, 0.3) is 0 Å². The number of rotatable bonds is 2. The molecule has 1 saturated carbocycles. The van der Waals surface area contributed by atoms with E-state index in [4.69, 9.17) is 0 Å². The molecule has 68 valence electrons. The van der Waals surface area contributed by atoms with Crippen LogP contribution in [0.1, 0.15) is 41.7 Å². The molecule has 13 heavy (non-hydrogen) atoms. The van der Waals surface area contributed by atoms with Gasteiger partial charge in [-0.15, -0.1) is 0 Å². The summed E-state index contributed by atoms with van der Waals surface area (Å²) in [6.45, 7) is 1.39. The summed E-state index contributed by atoms with van der Waals surface area (Å²) in [5.74, 6) is -0.141. The molecule has 0 aliphatic heterocycles. The first kappa shape index (κ1) is 8.35. The summed E-state index contributed by atoms with van der Waals surface area (Å²) in [5, 5.41) is 0. The first-order valence-electron chi connectivity index (χ1n) is 4.35. The van der Waals surface area contributed by atoms with Gasteiger partial charge < -0.3 is 0 Å². The van der Waals surface area contributed by atoms with Gasteiger partial charge in [0.15, 0.2) is 5.78 Å². The number of ketones is 1. The van der Waals surface area contributed by atoms with E-state index in [9.17, 15) is 9.18 Å². The topological polar surface area (TPSA) is 30.0 Å². The maximum atomic E-state index is 13.3. The van der Waals surface area contributed by atoms with Crippen LogP contribution in [0.25, 0.3) is 0 Å². The summed E-state index contributed by atoms with van der Waals surface area (Å²) >= 11 is 0. The van der Waals surface area contributed by atoms with Crippen molar-refractivity contribution in [3.8, 4) is 0 Å². The van der Waals surface area contributed by atoms with Crippen molar-refractivity contribution in [3.05, 3.63) is 29.3 Å². The third-order valence-corrected chi connectivity index (χ3v) is 2.26. The third kappa shape index (κ3) is 1.59. The monoisotopic (exact) mass is 179 g/mol. The minimum Gasteiger partial charge on any atom is -0.293 e. The number of Topliss-reactive ketones (excluding diaryl/α,β-unsaturated/α-hetero) is 1. The normalized spacial score (nSPS) is 15.8. The number of pyridine rings is 1. The number of carbonyl (C=O) groups excluding carboxylic acids is 1. The SMILES string of the molecule is CC(=O)c1cc(F)c(C2CC2)cn1. The number of aromatic nitrogens is 1. The number of hydrogen-bond donors (Lipinski definition) is 0.